The Morgan fingerprint density at radius 1 is 0.900 bits per heavy atom. The van der Waals surface area contributed by atoms with Gasteiger partial charge in [0.15, 0.2) is 0 Å². The minimum atomic E-state index is -3.20. The number of piperidine rings is 1. The Bertz CT molecular complexity index is 905. The zero-order valence-corrected chi connectivity index (χ0v) is 18.0. The number of halogens is 1. The van der Waals surface area contributed by atoms with E-state index in [9.17, 15) is 22.4 Å². The predicted octanol–water partition coefficient (Wildman–Crippen LogP) is 1.27. The monoisotopic (exact) mass is 437 g/mol. The summed E-state index contributed by atoms with van der Waals surface area (Å²) in [5, 5.41) is 0. The second-order valence-electron chi connectivity index (χ2n) is 8.59. The van der Waals surface area contributed by atoms with Crippen molar-refractivity contribution >= 4 is 21.8 Å². The summed E-state index contributed by atoms with van der Waals surface area (Å²) < 4.78 is 37.8. The second kappa shape index (κ2) is 8.26. The van der Waals surface area contributed by atoms with E-state index in [2.05, 4.69) is 0 Å². The minimum absolute atomic E-state index is 0.0435. The fourth-order valence-corrected chi connectivity index (χ4v) is 5.49. The number of nitrogens with zero attached hydrogens (tertiary/aromatic N) is 3. The van der Waals surface area contributed by atoms with Crippen molar-refractivity contribution < 1.29 is 22.4 Å². The maximum atomic E-state index is 13.1. The minimum Gasteiger partial charge on any atom is -0.339 e. The van der Waals surface area contributed by atoms with Crippen LogP contribution in [0.1, 0.15) is 30.7 Å². The molecule has 0 aromatic heterocycles. The highest BCUT2D eigenvalue weighted by atomic mass is 32.2. The van der Waals surface area contributed by atoms with Gasteiger partial charge in [0, 0.05) is 51.1 Å². The Morgan fingerprint density at radius 3 is 1.97 bits per heavy atom. The van der Waals surface area contributed by atoms with E-state index in [1.807, 2.05) is 9.80 Å². The van der Waals surface area contributed by atoms with Crippen LogP contribution in [0.15, 0.2) is 24.3 Å². The average molecular weight is 438 g/mol. The highest BCUT2D eigenvalue weighted by Crippen LogP contribution is 2.48. The van der Waals surface area contributed by atoms with E-state index in [1.165, 1.54) is 22.7 Å². The SMILES string of the molecule is CS(=O)(=O)N1CCC(C(=O)N2CCN(C(=O)C3CC3c3ccc(F)cc3)CC2)CC1. The summed E-state index contributed by atoms with van der Waals surface area (Å²) in [6.45, 7) is 2.87. The first kappa shape index (κ1) is 21.2. The molecule has 2 unspecified atom stereocenters. The molecule has 0 N–H and O–H groups in total. The summed E-state index contributed by atoms with van der Waals surface area (Å²) in [6, 6.07) is 6.36. The molecule has 164 valence electrons. The molecular weight excluding hydrogens is 409 g/mol. The largest absolute Gasteiger partial charge is 0.339 e. The molecule has 7 nitrogen and oxygen atoms in total. The molecule has 4 rings (SSSR count). The highest BCUT2D eigenvalue weighted by molar-refractivity contribution is 7.88. The van der Waals surface area contributed by atoms with E-state index >= 15 is 0 Å². The molecule has 0 radical (unpaired) electrons. The molecule has 2 amide bonds. The quantitative estimate of drug-likeness (QED) is 0.711. The lowest BCUT2D eigenvalue weighted by molar-refractivity contribution is -0.143. The summed E-state index contributed by atoms with van der Waals surface area (Å²) in [5.41, 5.74) is 1.00. The summed E-state index contributed by atoms with van der Waals surface area (Å²) >= 11 is 0. The van der Waals surface area contributed by atoms with Gasteiger partial charge in [-0.15, -0.1) is 0 Å². The number of hydrogen-bond acceptors (Lipinski definition) is 4. The molecule has 9 heteroatoms. The van der Waals surface area contributed by atoms with E-state index in [1.54, 1.807) is 12.1 Å². The van der Waals surface area contributed by atoms with Crippen molar-refractivity contribution in [2.75, 3.05) is 45.5 Å². The van der Waals surface area contributed by atoms with Crippen LogP contribution in [0.5, 0.6) is 0 Å². The van der Waals surface area contributed by atoms with E-state index < -0.39 is 10.0 Å². The summed E-state index contributed by atoms with van der Waals surface area (Å²) in [6.07, 6.45) is 3.09. The molecule has 2 atom stereocenters. The van der Waals surface area contributed by atoms with Crippen molar-refractivity contribution in [2.24, 2.45) is 11.8 Å². The van der Waals surface area contributed by atoms with Gasteiger partial charge in [0.25, 0.3) is 0 Å². The molecule has 2 saturated heterocycles. The molecule has 1 saturated carbocycles. The fourth-order valence-electron chi connectivity index (χ4n) is 4.62. The lowest BCUT2D eigenvalue weighted by Gasteiger charge is -2.38. The van der Waals surface area contributed by atoms with Gasteiger partial charge in [0.05, 0.1) is 6.26 Å². The maximum Gasteiger partial charge on any atom is 0.226 e. The van der Waals surface area contributed by atoms with Crippen LogP contribution in [-0.4, -0.2) is 79.9 Å². The zero-order chi connectivity index (χ0) is 21.5. The van der Waals surface area contributed by atoms with Crippen molar-refractivity contribution in [3.05, 3.63) is 35.6 Å². The van der Waals surface area contributed by atoms with Gasteiger partial charge in [-0.3, -0.25) is 9.59 Å². The predicted molar refractivity (Wildman–Crippen MR) is 110 cm³/mol. The molecule has 1 aromatic carbocycles. The lowest BCUT2D eigenvalue weighted by atomic mass is 9.96. The van der Waals surface area contributed by atoms with Gasteiger partial charge in [-0.25, -0.2) is 17.1 Å². The number of amides is 2. The van der Waals surface area contributed by atoms with Gasteiger partial charge in [-0.2, -0.15) is 0 Å². The van der Waals surface area contributed by atoms with Crippen LogP contribution in [0.3, 0.4) is 0 Å². The van der Waals surface area contributed by atoms with Gasteiger partial charge >= 0.3 is 0 Å². The van der Waals surface area contributed by atoms with Crippen molar-refractivity contribution in [3.8, 4) is 0 Å². The molecular formula is C21H28FN3O4S. The lowest BCUT2D eigenvalue weighted by Crippen LogP contribution is -2.53. The first-order valence-corrected chi connectivity index (χ1v) is 12.4. The molecule has 2 aliphatic heterocycles. The first-order chi connectivity index (χ1) is 14.2. The molecule has 1 aliphatic carbocycles. The third-order valence-corrected chi connectivity index (χ3v) is 7.88. The molecule has 30 heavy (non-hydrogen) atoms. The van der Waals surface area contributed by atoms with Gasteiger partial charge in [0.2, 0.25) is 21.8 Å². The van der Waals surface area contributed by atoms with Crippen molar-refractivity contribution in [1.82, 2.24) is 14.1 Å². The molecule has 2 heterocycles. The summed E-state index contributed by atoms with van der Waals surface area (Å²) in [5.74, 6) is -0.0961. The van der Waals surface area contributed by atoms with E-state index in [0.717, 1.165) is 12.0 Å². The van der Waals surface area contributed by atoms with Crippen molar-refractivity contribution in [3.63, 3.8) is 0 Å². The third kappa shape index (κ3) is 4.51. The fraction of sp³-hybridized carbons (Fsp3) is 0.619. The van der Waals surface area contributed by atoms with Gasteiger partial charge in [-0.05, 0) is 42.9 Å². The molecule has 1 aromatic rings. The normalized spacial score (nSPS) is 25.9. The zero-order valence-electron chi connectivity index (χ0n) is 17.2. The maximum absolute atomic E-state index is 13.1. The van der Waals surface area contributed by atoms with Crippen LogP contribution in [0.25, 0.3) is 0 Å². The number of benzene rings is 1. The van der Waals surface area contributed by atoms with Crippen LogP contribution in [0.2, 0.25) is 0 Å². The topological polar surface area (TPSA) is 78.0 Å². The number of carbonyl (C=O) groups is 2. The Labute approximate surface area is 176 Å². The number of hydrogen-bond donors (Lipinski definition) is 0. The summed E-state index contributed by atoms with van der Waals surface area (Å²) in [7, 11) is -3.20. The molecule has 3 fully saturated rings. The van der Waals surface area contributed by atoms with Gasteiger partial charge < -0.3 is 9.80 Å². The molecule has 3 aliphatic rings. The van der Waals surface area contributed by atoms with Crippen LogP contribution < -0.4 is 0 Å². The number of rotatable bonds is 4. The Kier molecular flexibility index (Phi) is 5.85. The van der Waals surface area contributed by atoms with Crippen LogP contribution >= 0.6 is 0 Å². The number of sulfonamides is 1. The Morgan fingerprint density at radius 2 is 1.43 bits per heavy atom. The molecule has 0 bridgehead atoms. The van der Waals surface area contributed by atoms with Crippen LogP contribution in [0.4, 0.5) is 4.39 Å². The Balaban J connectivity index is 1.25. The first-order valence-electron chi connectivity index (χ1n) is 10.5. The van der Waals surface area contributed by atoms with Crippen LogP contribution in [-0.2, 0) is 19.6 Å². The van der Waals surface area contributed by atoms with Crippen molar-refractivity contribution in [1.29, 1.82) is 0 Å². The Hall–Kier alpha value is -2.00. The van der Waals surface area contributed by atoms with E-state index in [-0.39, 0.29) is 35.4 Å². The van der Waals surface area contributed by atoms with Crippen molar-refractivity contribution in [2.45, 2.75) is 25.2 Å². The standard InChI is InChI=1S/C21H28FN3O4S/c1-30(28,29)25-8-6-16(7-9-25)20(26)23-10-12-24(13-11-23)21(27)19-14-18(19)15-2-4-17(22)5-3-15/h2-5,16,18-19H,6-14H2,1H3. The number of carbonyl (C=O) groups excluding carboxylic acids is 2. The molecule has 0 spiro atoms. The number of piperazine rings is 1. The highest BCUT2D eigenvalue weighted by Gasteiger charge is 2.46. The van der Waals surface area contributed by atoms with Gasteiger partial charge in [-0.1, -0.05) is 12.1 Å². The average Bonchev–Trinajstić information content (AvgIpc) is 3.54. The third-order valence-electron chi connectivity index (χ3n) is 6.58. The van der Waals surface area contributed by atoms with E-state index in [0.29, 0.717) is 52.1 Å². The van der Waals surface area contributed by atoms with Gasteiger partial charge in [0.1, 0.15) is 5.82 Å². The van der Waals surface area contributed by atoms with Crippen LogP contribution in [0, 0.1) is 17.7 Å². The summed E-state index contributed by atoms with van der Waals surface area (Å²) in [4.78, 5) is 29.3. The van der Waals surface area contributed by atoms with E-state index in [4.69, 9.17) is 0 Å². The smallest absolute Gasteiger partial charge is 0.226 e. The second-order valence-corrected chi connectivity index (χ2v) is 10.6.